The van der Waals surface area contributed by atoms with Gasteiger partial charge < -0.3 is 9.47 Å². The summed E-state index contributed by atoms with van der Waals surface area (Å²) in [7, 11) is 1.32. The minimum absolute atomic E-state index is 0.000468. The highest BCUT2D eigenvalue weighted by molar-refractivity contribution is 5.89. The van der Waals surface area contributed by atoms with Crippen LogP contribution >= 0.6 is 0 Å². The molecule has 184 valence electrons. The molecule has 2 aliphatic carbocycles. The van der Waals surface area contributed by atoms with E-state index in [-0.39, 0.29) is 35.4 Å². The Hall–Kier alpha value is -3.04. The average molecular weight is 474 g/mol. The van der Waals surface area contributed by atoms with Crippen LogP contribution < -0.4 is 0 Å². The topological polar surface area (TPSA) is 134 Å². The molecule has 10 heteroatoms. The fourth-order valence-electron chi connectivity index (χ4n) is 6.73. The summed E-state index contributed by atoms with van der Waals surface area (Å²) >= 11 is 0. The van der Waals surface area contributed by atoms with Crippen LogP contribution in [0.3, 0.4) is 0 Å². The van der Waals surface area contributed by atoms with E-state index in [0.29, 0.717) is 29.9 Å². The number of benzene rings is 1. The third-order valence-corrected chi connectivity index (χ3v) is 8.22. The molecule has 34 heavy (non-hydrogen) atoms. The Morgan fingerprint density at radius 2 is 1.88 bits per heavy atom. The van der Waals surface area contributed by atoms with E-state index in [2.05, 4.69) is 18.8 Å². The SMILES string of the molecule is COC(=O)[C@@H]1COC([C@]2(C)CCC[C@]3(C)c4cc([N+](=O)[O-])c(C(C)C)c([N+](=O)[O-])c4CC[C@@H]23)=N1. The van der Waals surface area contributed by atoms with Crippen LogP contribution in [0.5, 0.6) is 0 Å². The van der Waals surface area contributed by atoms with E-state index in [9.17, 15) is 25.0 Å². The summed E-state index contributed by atoms with van der Waals surface area (Å²) in [5.41, 5.74) is 0.193. The van der Waals surface area contributed by atoms with Crippen molar-refractivity contribution in [3.05, 3.63) is 43.0 Å². The Morgan fingerprint density at radius 3 is 2.47 bits per heavy atom. The molecule has 1 aromatic rings. The van der Waals surface area contributed by atoms with Gasteiger partial charge in [-0.1, -0.05) is 34.1 Å². The lowest BCUT2D eigenvalue weighted by molar-refractivity contribution is -0.396. The zero-order chi connectivity index (χ0) is 25.0. The molecule has 1 fully saturated rings. The number of hydrogen-bond acceptors (Lipinski definition) is 8. The van der Waals surface area contributed by atoms with Crippen molar-refractivity contribution in [2.45, 2.75) is 77.2 Å². The molecule has 1 saturated carbocycles. The Balaban J connectivity index is 1.88. The molecule has 0 amide bonds. The molecule has 1 aromatic carbocycles. The van der Waals surface area contributed by atoms with Crippen molar-refractivity contribution in [3.8, 4) is 0 Å². The van der Waals surface area contributed by atoms with Gasteiger partial charge in [-0.15, -0.1) is 0 Å². The molecule has 4 atom stereocenters. The largest absolute Gasteiger partial charge is 0.478 e. The third-order valence-electron chi connectivity index (χ3n) is 8.22. The number of methoxy groups -OCH3 is 1. The van der Waals surface area contributed by atoms with Crippen molar-refractivity contribution in [1.29, 1.82) is 0 Å². The molecular weight excluding hydrogens is 442 g/mol. The van der Waals surface area contributed by atoms with Gasteiger partial charge >= 0.3 is 5.97 Å². The maximum Gasteiger partial charge on any atom is 0.334 e. The molecule has 0 aromatic heterocycles. The standard InChI is InChI=1S/C24H31N3O7/c1-13(2)19-17(26(29)30)11-15-14(20(19)27(31)32)7-8-18-23(15,3)9-6-10-24(18,4)22-25-16(12-34-22)21(28)33-5/h11,13,16,18H,6-10,12H2,1-5H3/t16-,18+,23+,24+/m0/s1. The maximum absolute atomic E-state index is 12.2. The van der Waals surface area contributed by atoms with E-state index < -0.39 is 32.7 Å². The number of nitrogens with zero attached hydrogens (tertiary/aromatic N) is 3. The van der Waals surface area contributed by atoms with Gasteiger partial charge in [-0.2, -0.15) is 0 Å². The van der Waals surface area contributed by atoms with Gasteiger partial charge in [-0.05, 0) is 48.5 Å². The van der Waals surface area contributed by atoms with E-state index in [1.807, 2.05) is 0 Å². The van der Waals surface area contributed by atoms with Crippen LogP contribution in [-0.4, -0.2) is 41.5 Å². The number of carbonyl (C=O) groups excluding carboxylic acids is 1. The normalized spacial score (nSPS) is 30.1. The van der Waals surface area contributed by atoms with Gasteiger partial charge in [0.2, 0.25) is 0 Å². The molecule has 3 aliphatic rings. The van der Waals surface area contributed by atoms with Gasteiger partial charge in [0, 0.05) is 17.0 Å². The Morgan fingerprint density at radius 1 is 1.21 bits per heavy atom. The van der Waals surface area contributed by atoms with Crippen LogP contribution in [0.25, 0.3) is 0 Å². The second-order valence-corrected chi connectivity index (χ2v) is 10.4. The summed E-state index contributed by atoms with van der Waals surface area (Å²) < 4.78 is 10.7. The highest BCUT2D eigenvalue weighted by Crippen LogP contribution is 2.60. The second-order valence-electron chi connectivity index (χ2n) is 10.4. The number of rotatable bonds is 5. The zero-order valence-electron chi connectivity index (χ0n) is 20.3. The lowest BCUT2D eigenvalue weighted by Crippen LogP contribution is -2.52. The molecule has 0 spiro atoms. The molecule has 1 heterocycles. The minimum Gasteiger partial charge on any atom is -0.478 e. The summed E-state index contributed by atoms with van der Waals surface area (Å²) in [6, 6.07) is 0.890. The van der Waals surface area contributed by atoms with Gasteiger partial charge in [-0.3, -0.25) is 20.2 Å². The molecule has 0 radical (unpaired) electrons. The van der Waals surface area contributed by atoms with E-state index in [1.54, 1.807) is 19.9 Å². The first-order chi connectivity index (χ1) is 16.0. The molecule has 0 bridgehead atoms. The average Bonchev–Trinajstić information content (AvgIpc) is 3.28. The van der Waals surface area contributed by atoms with Gasteiger partial charge in [0.05, 0.1) is 17.0 Å². The lowest BCUT2D eigenvalue weighted by Gasteiger charge is -2.54. The number of aliphatic imine (C=N–C) groups is 1. The highest BCUT2D eigenvalue weighted by atomic mass is 16.6. The van der Waals surface area contributed by atoms with E-state index in [0.717, 1.165) is 19.3 Å². The molecule has 10 nitrogen and oxygen atoms in total. The van der Waals surface area contributed by atoms with E-state index >= 15 is 0 Å². The third kappa shape index (κ3) is 3.45. The lowest BCUT2D eigenvalue weighted by atomic mass is 9.49. The number of nitro groups is 2. The predicted octanol–water partition coefficient (Wildman–Crippen LogP) is 4.61. The van der Waals surface area contributed by atoms with Gasteiger partial charge in [0.25, 0.3) is 11.4 Å². The van der Waals surface area contributed by atoms with Gasteiger partial charge in [0.15, 0.2) is 11.9 Å². The molecule has 1 aliphatic heterocycles. The monoisotopic (exact) mass is 473 g/mol. The molecule has 0 N–H and O–H groups in total. The minimum atomic E-state index is -0.698. The van der Waals surface area contributed by atoms with Crippen molar-refractivity contribution < 1.29 is 24.1 Å². The number of carbonyl (C=O) groups is 1. The van der Waals surface area contributed by atoms with Crippen molar-refractivity contribution in [1.82, 2.24) is 0 Å². The first kappa shape index (κ1) is 24.1. The second kappa shape index (κ2) is 8.32. The number of esters is 1. The van der Waals surface area contributed by atoms with Crippen LogP contribution in [0.1, 0.15) is 76.0 Å². The fourth-order valence-corrected chi connectivity index (χ4v) is 6.73. The number of fused-ring (bicyclic) bond motifs is 3. The molecule has 0 saturated heterocycles. The van der Waals surface area contributed by atoms with Crippen molar-refractivity contribution in [2.75, 3.05) is 13.7 Å². The zero-order valence-corrected chi connectivity index (χ0v) is 20.3. The fraction of sp³-hybridized carbons (Fsp3) is 0.667. The Bertz CT molecular complexity index is 1100. The Kier molecular flexibility index (Phi) is 5.90. The first-order valence-corrected chi connectivity index (χ1v) is 11.7. The highest BCUT2D eigenvalue weighted by Gasteiger charge is 2.57. The quantitative estimate of drug-likeness (QED) is 0.346. The van der Waals surface area contributed by atoms with E-state index in [1.165, 1.54) is 7.11 Å². The van der Waals surface area contributed by atoms with E-state index in [4.69, 9.17) is 9.47 Å². The number of ether oxygens (including phenoxy) is 2. The van der Waals surface area contributed by atoms with Gasteiger partial charge in [-0.25, -0.2) is 9.79 Å². The van der Waals surface area contributed by atoms with Crippen LogP contribution in [-0.2, 0) is 26.1 Å². The summed E-state index contributed by atoms with van der Waals surface area (Å²) in [6.07, 6.45) is 3.48. The van der Waals surface area contributed by atoms with Crippen molar-refractivity contribution >= 4 is 23.2 Å². The van der Waals surface area contributed by atoms with Crippen LogP contribution in [0.4, 0.5) is 11.4 Å². The molecule has 4 rings (SSSR count). The number of hydrogen-bond donors (Lipinski definition) is 0. The van der Waals surface area contributed by atoms with Gasteiger partial charge in [0.1, 0.15) is 12.2 Å². The first-order valence-electron chi connectivity index (χ1n) is 11.7. The van der Waals surface area contributed by atoms with Crippen molar-refractivity contribution in [2.24, 2.45) is 16.3 Å². The molecule has 0 unspecified atom stereocenters. The molecular formula is C24H31N3O7. The van der Waals surface area contributed by atoms with Crippen LogP contribution in [0, 0.1) is 31.6 Å². The predicted molar refractivity (Wildman–Crippen MR) is 124 cm³/mol. The maximum atomic E-state index is 12.2. The van der Waals surface area contributed by atoms with Crippen molar-refractivity contribution in [3.63, 3.8) is 0 Å². The smallest absolute Gasteiger partial charge is 0.334 e. The number of nitro benzene ring substituents is 2. The summed E-state index contributed by atoms with van der Waals surface area (Å²) in [5.74, 6) is -0.283. The van der Waals surface area contributed by atoms with Crippen LogP contribution in [0.15, 0.2) is 11.1 Å². The van der Waals surface area contributed by atoms with Crippen LogP contribution in [0.2, 0.25) is 0 Å². The summed E-state index contributed by atoms with van der Waals surface area (Å²) in [4.78, 5) is 39.8. The Labute approximate surface area is 198 Å². The summed E-state index contributed by atoms with van der Waals surface area (Å²) in [6.45, 7) is 7.76. The summed E-state index contributed by atoms with van der Waals surface area (Å²) in [5, 5.41) is 24.2.